The molecule has 6 heteroatoms. The van der Waals surface area contributed by atoms with Crippen LogP contribution < -0.4 is 9.47 Å². The Morgan fingerprint density at radius 2 is 1.77 bits per heavy atom. The second-order valence-corrected chi connectivity index (χ2v) is 4.34. The highest BCUT2D eigenvalue weighted by atomic mass is 16.7. The van der Waals surface area contributed by atoms with E-state index in [1.807, 2.05) is 0 Å². The van der Waals surface area contributed by atoms with Crippen molar-refractivity contribution in [2.24, 2.45) is 0 Å². The van der Waals surface area contributed by atoms with Gasteiger partial charge in [0.05, 0.1) is 5.56 Å². The molecule has 0 aromatic heterocycles. The second-order valence-electron chi connectivity index (χ2n) is 4.34. The van der Waals surface area contributed by atoms with Crippen molar-refractivity contribution in [2.45, 2.75) is 0 Å². The number of aldehydes is 1. The van der Waals surface area contributed by atoms with Gasteiger partial charge in [-0.15, -0.1) is 0 Å². The molecule has 0 aliphatic heterocycles. The Labute approximate surface area is 126 Å². The molecule has 0 atom stereocenters. The lowest BCUT2D eigenvalue weighted by atomic mass is 10.2. The van der Waals surface area contributed by atoms with Crippen LogP contribution in [0.5, 0.6) is 17.2 Å². The average molecular weight is 302 g/mol. The summed E-state index contributed by atoms with van der Waals surface area (Å²) in [6.45, 7) is -0.00343. The zero-order chi connectivity index (χ0) is 15.9. The number of methoxy groups -OCH3 is 1. The Morgan fingerprint density at radius 3 is 2.36 bits per heavy atom. The van der Waals surface area contributed by atoms with Crippen LogP contribution in [0, 0.1) is 0 Å². The highest BCUT2D eigenvalue weighted by molar-refractivity contribution is 5.88. The fourth-order valence-corrected chi connectivity index (χ4v) is 1.71. The highest BCUT2D eigenvalue weighted by Gasteiger charge is 2.09. The number of carbonyl (C=O) groups excluding carboxylic acids is 1. The summed E-state index contributed by atoms with van der Waals surface area (Å²) >= 11 is 0. The molecule has 0 aliphatic rings. The molecule has 0 amide bonds. The van der Waals surface area contributed by atoms with E-state index < -0.39 is 5.97 Å². The van der Waals surface area contributed by atoms with Crippen molar-refractivity contribution >= 4 is 12.3 Å². The van der Waals surface area contributed by atoms with E-state index in [0.29, 0.717) is 22.8 Å². The first-order chi connectivity index (χ1) is 10.6. The van der Waals surface area contributed by atoms with E-state index in [1.165, 1.54) is 19.2 Å². The molecule has 0 radical (unpaired) electrons. The van der Waals surface area contributed by atoms with Gasteiger partial charge in [-0.05, 0) is 36.4 Å². The highest BCUT2D eigenvalue weighted by Crippen LogP contribution is 2.27. The third kappa shape index (κ3) is 4.07. The minimum atomic E-state index is -1.09. The maximum atomic E-state index is 11.1. The molecule has 0 saturated carbocycles. The molecule has 0 spiro atoms. The number of carboxylic acids is 1. The van der Waals surface area contributed by atoms with Gasteiger partial charge >= 0.3 is 5.97 Å². The molecule has 0 aliphatic carbocycles. The summed E-state index contributed by atoms with van der Waals surface area (Å²) in [5, 5.41) is 9.11. The number of aromatic carboxylic acids is 1. The van der Waals surface area contributed by atoms with Gasteiger partial charge in [-0.25, -0.2) is 4.79 Å². The Balaban J connectivity index is 2.25. The third-order valence-electron chi connectivity index (χ3n) is 2.72. The van der Waals surface area contributed by atoms with E-state index in [1.54, 1.807) is 30.3 Å². The third-order valence-corrected chi connectivity index (χ3v) is 2.72. The normalized spacial score (nSPS) is 10.0. The first kappa shape index (κ1) is 15.5. The van der Waals surface area contributed by atoms with Crippen molar-refractivity contribution in [3.05, 3.63) is 53.6 Å². The molecule has 0 unspecified atom stereocenters. The minimum absolute atomic E-state index is 0.00343. The number of hydrogen-bond acceptors (Lipinski definition) is 5. The van der Waals surface area contributed by atoms with Gasteiger partial charge in [-0.3, -0.25) is 4.79 Å². The lowest BCUT2D eigenvalue weighted by Gasteiger charge is -2.10. The maximum Gasteiger partial charge on any atom is 0.335 e. The smallest absolute Gasteiger partial charge is 0.335 e. The molecule has 1 N–H and O–H groups in total. The molecular formula is C16H14O6. The van der Waals surface area contributed by atoms with E-state index in [2.05, 4.69) is 0 Å². The Hall–Kier alpha value is -2.86. The number of hydrogen-bond donors (Lipinski definition) is 1. The van der Waals surface area contributed by atoms with Crippen LogP contribution in [0.15, 0.2) is 42.5 Å². The van der Waals surface area contributed by atoms with E-state index in [4.69, 9.17) is 19.3 Å². The van der Waals surface area contributed by atoms with Crippen molar-refractivity contribution < 1.29 is 28.9 Å². The Morgan fingerprint density at radius 1 is 1.09 bits per heavy atom. The predicted molar refractivity (Wildman–Crippen MR) is 77.8 cm³/mol. The lowest BCUT2D eigenvalue weighted by Crippen LogP contribution is -2.02. The van der Waals surface area contributed by atoms with Gasteiger partial charge < -0.3 is 19.3 Å². The van der Waals surface area contributed by atoms with Crippen LogP contribution in [-0.4, -0.2) is 31.3 Å². The number of ether oxygens (including phenoxy) is 3. The van der Waals surface area contributed by atoms with E-state index in [9.17, 15) is 9.59 Å². The van der Waals surface area contributed by atoms with E-state index in [-0.39, 0.29) is 12.4 Å². The van der Waals surface area contributed by atoms with Gasteiger partial charge in [0.1, 0.15) is 23.5 Å². The summed E-state index contributed by atoms with van der Waals surface area (Å²) in [7, 11) is 1.47. The summed E-state index contributed by atoms with van der Waals surface area (Å²) in [5.74, 6) is 0.0148. The van der Waals surface area contributed by atoms with Crippen molar-refractivity contribution in [3.63, 3.8) is 0 Å². The van der Waals surface area contributed by atoms with Gasteiger partial charge in [-0.1, -0.05) is 0 Å². The molecule has 0 saturated heterocycles. The van der Waals surface area contributed by atoms with Crippen molar-refractivity contribution in [1.29, 1.82) is 0 Å². The van der Waals surface area contributed by atoms with Crippen LogP contribution in [0.4, 0.5) is 0 Å². The first-order valence-corrected chi connectivity index (χ1v) is 6.35. The van der Waals surface area contributed by atoms with Crippen molar-refractivity contribution in [1.82, 2.24) is 0 Å². The van der Waals surface area contributed by atoms with Gasteiger partial charge in [-0.2, -0.15) is 0 Å². The molecule has 2 aromatic carbocycles. The quantitative estimate of drug-likeness (QED) is 0.625. The van der Waals surface area contributed by atoms with Gasteiger partial charge in [0, 0.05) is 18.7 Å². The average Bonchev–Trinajstić information content (AvgIpc) is 2.53. The SMILES string of the molecule is COCOc1cc(Oc2ccc(C=O)cc2)cc(C(=O)O)c1. The van der Waals surface area contributed by atoms with Crippen molar-refractivity contribution in [3.8, 4) is 17.2 Å². The topological polar surface area (TPSA) is 82.1 Å². The Bertz CT molecular complexity index is 663. The van der Waals surface area contributed by atoms with Crippen LogP contribution >= 0.6 is 0 Å². The van der Waals surface area contributed by atoms with Crippen LogP contribution in [0.25, 0.3) is 0 Å². The predicted octanol–water partition coefficient (Wildman–Crippen LogP) is 2.97. The summed E-state index contributed by atoms with van der Waals surface area (Å²) in [6.07, 6.45) is 0.728. The first-order valence-electron chi connectivity index (χ1n) is 6.35. The fraction of sp³-hybridized carbons (Fsp3) is 0.125. The fourth-order valence-electron chi connectivity index (χ4n) is 1.71. The molecular weight excluding hydrogens is 288 g/mol. The standard InChI is InChI=1S/C16H14O6/c1-20-10-21-14-6-12(16(18)19)7-15(8-14)22-13-4-2-11(9-17)3-5-13/h2-9H,10H2,1H3,(H,18,19). The summed E-state index contributed by atoms with van der Waals surface area (Å²) < 4.78 is 15.6. The van der Waals surface area contributed by atoms with E-state index in [0.717, 1.165) is 6.29 Å². The van der Waals surface area contributed by atoms with Crippen LogP contribution in [0.3, 0.4) is 0 Å². The van der Waals surface area contributed by atoms with E-state index >= 15 is 0 Å². The molecule has 114 valence electrons. The van der Waals surface area contributed by atoms with Crippen LogP contribution in [0.2, 0.25) is 0 Å². The monoisotopic (exact) mass is 302 g/mol. The van der Waals surface area contributed by atoms with Crippen LogP contribution in [0.1, 0.15) is 20.7 Å². The molecule has 6 nitrogen and oxygen atoms in total. The van der Waals surface area contributed by atoms with Gasteiger partial charge in [0.25, 0.3) is 0 Å². The largest absolute Gasteiger partial charge is 0.478 e. The number of rotatable bonds is 7. The second kappa shape index (κ2) is 7.24. The summed E-state index contributed by atoms with van der Waals surface area (Å²) in [4.78, 5) is 21.7. The zero-order valence-electron chi connectivity index (χ0n) is 11.8. The molecule has 2 aromatic rings. The summed E-state index contributed by atoms with van der Waals surface area (Å²) in [6, 6.07) is 10.8. The molecule has 0 bridgehead atoms. The van der Waals surface area contributed by atoms with Gasteiger partial charge in [0.15, 0.2) is 6.79 Å². The van der Waals surface area contributed by atoms with Crippen LogP contribution in [-0.2, 0) is 4.74 Å². The minimum Gasteiger partial charge on any atom is -0.478 e. The lowest BCUT2D eigenvalue weighted by molar-refractivity contribution is 0.0506. The number of carboxylic acid groups (broad SMARTS) is 1. The summed E-state index contributed by atoms with van der Waals surface area (Å²) in [5.41, 5.74) is 0.559. The molecule has 0 fully saturated rings. The molecule has 2 rings (SSSR count). The van der Waals surface area contributed by atoms with Gasteiger partial charge in [0.2, 0.25) is 0 Å². The molecule has 0 heterocycles. The zero-order valence-corrected chi connectivity index (χ0v) is 11.8. The molecule has 22 heavy (non-hydrogen) atoms. The van der Waals surface area contributed by atoms with Crippen molar-refractivity contribution in [2.75, 3.05) is 13.9 Å². The Kier molecular flexibility index (Phi) is 5.11. The maximum absolute atomic E-state index is 11.1. The number of benzene rings is 2. The number of carbonyl (C=O) groups is 2.